The fraction of sp³-hybridized carbons (Fsp3) is 1.00. The van der Waals surface area contributed by atoms with Crippen molar-refractivity contribution in [1.82, 2.24) is 10.2 Å². The summed E-state index contributed by atoms with van der Waals surface area (Å²) in [6, 6.07) is 0.861. The molecule has 2 fully saturated rings. The van der Waals surface area contributed by atoms with E-state index in [2.05, 4.69) is 17.3 Å². The predicted octanol–water partition coefficient (Wildman–Crippen LogP) is 0.00990. The van der Waals surface area contributed by atoms with Gasteiger partial charge in [0.05, 0.1) is 6.17 Å². The van der Waals surface area contributed by atoms with Crippen molar-refractivity contribution in [3.8, 4) is 0 Å². The maximum Gasteiger partial charge on any atom is 0.0598 e. The minimum atomic E-state index is 0.722. The predicted molar refractivity (Wildman–Crippen MR) is 32.6 cm³/mol. The van der Waals surface area contributed by atoms with E-state index in [1.54, 1.807) is 0 Å². The number of hydrogen-bond acceptors (Lipinski definition) is 2. The summed E-state index contributed by atoms with van der Waals surface area (Å²) in [5, 5.41) is 3.43. The van der Waals surface area contributed by atoms with E-state index < -0.39 is 0 Å². The molecule has 2 rings (SSSR count). The Morgan fingerprint density at radius 1 is 1.50 bits per heavy atom. The third-order valence-corrected chi connectivity index (χ3v) is 2.43. The summed E-state index contributed by atoms with van der Waals surface area (Å²) in [6.45, 7) is 1.22. The first-order valence-electron chi connectivity index (χ1n) is 3.33. The molecule has 2 atom stereocenters. The zero-order valence-corrected chi connectivity index (χ0v) is 5.22. The third kappa shape index (κ3) is 0.446. The highest BCUT2D eigenvalue weighted by Crippen LogP contribution is 2.24. The topological polar surface area (TPSA) is 15.3 Å². The van der Waals surface area contributed by atoms with E-state index in [-0.39, 0.29) is 0 Å². The van der Waals surface area contributed by atoms with Gasteiger partial charge in [0.25, 0.3) is 0 Å². The lowest BCUT2D eigenvalue weighted by Gasteiger charge is -2.11. The summed E-state index contributed by atoms with van der Waals surface area (Å²) in [6.07, 6.45) is 3.50. The summed E-state index contributed by atoms with van der Waals surface area (Å²) in [7, 11) is 2.21. The lowest BCUT2D eigenvalue weighted by Crippen LogP contribution is -2.29. The van der Waals surface area contributed by atoms with Crippen LogP contribution in [0.3, 0.4) is 0 Å². The van der Waals surface area contributed by atoms with Crippen LogP contribution in [0, 0.1) is 0 Å². The van der Waals surface area contributed by atoms with E-state index in [1.165, 1.54) is 19.4 Å². The lowest BCUT2D eigenvalue weighted by atomic mass is 10.2. The van der Waals surface area contributed by atoms with Crippen molar-refractivity contribution < 1.29 is 0 Å². The molecule has 2 heterocycles. The van der Waals surface area contributed by atoms with Gasteiger partial charge in [-0.05, 0) is 19.9 Å². The number of piperidine rings is 1. The highest BCUT2D eigenvalue weighted by molar-refractivity contribution is 4.92. The Hall–Kier alpha value is -0.0800. The Morgan fingerprint density at radius 3 is 2.50 bits per heavy atom. The molecule has 0 aromatic heterocycles. The van der Waals surface area contributed by atoms with Crippen molar-refractivity contribution >= 4 is 0 Å². The van der Waals surface area contributed by atoms with Gasteiger partial charge in [-0.1, -0.05) is 0 Å². The average molecular weight is 112 g/mol. The average Bonchev–Trinajstić information content (AvgIpc) is 2.29. The molecule has 2 aliphatic rings. The first-order valence-corrected chi connectivity index (χ1v) is 3.33. The fourth-order valence-electron chi connectivity index (χ4n) is 1.78. The lowest BCUT2D eigenvalue weighted by molar-refractivity contribution is 0.307. The first kappa shape index (κ1) is 4.77. The SMILES string of the molecule is CN1C2CCC1NC2. The number of nitrogens with one attached hydrogen (secondary N) is 1. The van der Waals surface area contributed by atoms with E-state index in [0.29, 0.717) is 0 Å². The second-order valence-corrected chi connectivity index (χ2v) is 2.82. The zero-order chi connectivity index (χ0) is 5.56. The number of likely N-dealkylation sites (N-methyl/N-ethyl adjacent to an activating group) is 1. The largest absolute Gasteiger partial charge is 0.300 e. The number of nitrogens with zero attached hydrogens (tertiary/aromatic N) is 1. The second-order valence-electron chi connectivity index (χ2n) is 2.82. The molecule has 0 aromatic carbocycles. The van der Waals surface area contributed by atoms with Crippen LogP contribution in [-0.4, -0.2) is 30.7 Å². The molecule has 8 heavy (non-hydrogen) atoms. The van der Waals surface area contributed by atoms with Gasteiger partial charge in [-0.2, -0.15) is 0 Å². The number of rotatable bonds is 0. The third-order valence-electron chi connectivity index (χ3n) is 2.43. The maximum absolute atomic E-state index is 3.43. The molecule has 0 spiro atoms. The van der Waals surface area contributed by atoms with Crippen LogP contribution in [0.1, 0.15) is 12.8 Å². The smallest absolute Gasteiger partial charge is 0.0598 e. The Morgan fingerprint density at radius 2 is 2.38 bits per heavy atom. The summed E-state index contributed by atoms with van der Waals surface area (Å²) >= 11 is 0. The van der Waals surface area contributed by atoms with Crippen molar-refractivity contribution in [2.75, 3.05) is 13.6 Å². The van der Waals surface area contributed by atoms with E-state index >= 15 is 0 Å². The van der Waals surface area contributed by atoms with Gasteiger partial charge in [-0.15, -0.1) is 0 Å². The van der Waals surface area contributed by atoms with Crippen LogP contribution in [0.4, 0.5) is 0 Å². The Balaban J connectivity index is 2.16. The normalized spacial score (nSPS) is 46.1. The quantitative estimate of drug-likeness (QED) is 0.475. The monoisotopic (exact) mass is 112 g/mol. The van der Waals surface area contributed by atoms with Gasteiger partial charge in [0, 0.05) is 12.6 Å². The number of hydrogen-bond donors (Lipinski definition) is 1. The molecule has 46 valence electrons. The molecule has 0 aromatic rings. The van der Waals surface area contributed by atoms with E-state index in [0.717, 1.165) is 12.2 Å². The van der Waals surface area contributed by atoms with Crippen molar-refractivity contribution in [2.45, 2.75) is 25.0 Å². The molecule has 0 aliphatic carbocycles. The molecule has 2 aliphatic heterocycles. The van der Waals surface area contributed by atoms with Crippen LogP contribution < -0.4 is 5.32 Å². The standard InChI is InChI=1S/C6H12N2/c1-8-5-2-3-6(8)7-4-5/h5-7H,2-4H2,1H3. The Kier molecular flexibility index (Phi) is 0.866. The van der Waals surface area contributed by atoms with Gasteiger partial charge in [-0.25, -0.2) is 0 Å². The fourth-order valence-corrected chi connectivity index (χ4v) is 1.78. The Bertz CT molecular complexity index is 82.7. The minimum absolute atomic E-state index is 0.722. The molecule has 2 unspecified atom stereocenters. The van der Waals surface area contributed by atoms with Crippen molar-refractivity contribution in [3.05, 3.63) is 0 Å². The molecule has 0 amide bonds. The molecular formula is C6H12N2. The van der Waals surface area contributed by atoms with Gasteiger partial charge in [0.2, 0.25) is 0 Å². The van der Waals surface area contributed by atoms with Crippen LogP contribution in [0.25, 0.3) is 0 Å². The summed E-state index contributed by atoms with van der Waals surface area (Å²) in [4.78, 5) is 2.44. The molecule has 2 nitrogen and oxygen atoms in total. The molecule has 1 N–H and O–H groups in total. The van der Waals surface area contributed by atoms with Crippen molar-refractivity contribution in [2.24, 2.45) is 0 Å². The highest BCUT2D eigenvalue weighted by Gasteiger charge is 2.35. The minimum Gasteiger partial charge on any atom is -0.300 e. The number of fused-ring (bicyclic) bond motifs is 2. The van der Waals surface area contributed by atoms with Crippen LogP contribution in [0.15, 0.2) is 0 Å². The van der Waals surface area contributed by atoms with Crippen LogP contribution in [-0.2, 0) is 0 Å². The van der Waals surface area contributed by atoms with E-state index in [1.807, 2.05) is 0 Å². The maximum atomic E-state index is 3.43. The van der Waals surface area contributed by atoms with Gasteiger partial charge < -0.3 is 5.32 Å². The Labute approximate surface area is 49.9 Å². The summed E-state index contributed by atoms with van der Waals surface area (Å²) in [5.41, 5.74) is 0. The van der Waals surface area contributed by atoms with E-state index in [4.69, 9.17) is 0 Å². The molecule has 0 saturated carbocycles. The summed E-state index contributed by atoms with van der Waals surface area (Å²) < 4.78 is 0. The van der Waals surface area contributed by atoms with Gasteiger partial charge in [0.1, 0.15) is 0 Å². The first-order chi connectivity index (χ1) is 3.88. The highest BCUT2D eigenvalue weighted by atomic mass is 15.4. The zero-order valence-electron chi connectivity index (χ0n) is 5.22. The van der Waals surface area contributed by atoms with Gasteiger partial charge in [0.15, 0.2) is 0 Å². The molecular weight excluding hydrogens is 100 g/mol. The second kappa shape index (κ2) is 1.45. The van der Waals surface area contributed by atoms with E-state index in [9.17, 15) is 0 Å². The van der Waals surface area contributed by atoms with Gasteiger partial charge >= 0.3 is 0 Å². The molecule has 2 heteroatoms. The van der Waals surface area contributed by atoms with Crippen molar-refractivity contribution in [1.29, 1.82) is 0 Å². The van der Waals surface area contributed by atoms with Crippen LogP contribution >= 0.6 is 0 Å². The van der Waals surface area contributed by atoms with Crippen LogP contribution in [0.5, 0.6) is 0 Å². The van der Waals surface area contributed by atoms with Gasteiger partial charge in [-0.3, -0.25) is 4.90 Å². The molecule has 0 radical (unpaired) electrons. The van der Waals surface area contributed by atoms with Crippen LogP contribution in [0.2, 0.25) is 0 Å². The molecule has 2 bridgehead atoms. The summed E-state index contributed by atoms with van der Waals surface area (Å²) in [5.74, 6) is 0. The molecule has 2 saturated heterocycles. The van der Waals surface area contributed by atoms with Crippen molar-refractivity contribution in [3.63, 3.8) is 0 Å².